The molecular formula is C12H11N3O5. The molecule has 8 nitrogen and oxygen atoms in total. The summed E-state index contributed by atoms with van der Waals surface area (Å²) >= 11 is 0. The number of hydrogen-bond acceptors (Lipinski definition) is 6. The van der Waals surface area contributed by atoms with Crippen LogP contribution in [-0.4, -0.2) is 24.1 Å². The van der Waals surface area contributed by atoms with E-state index in [4.69, 9.17) is 5.73 Å². The number of amides is 1. The molecule has 0 atom stereocenters. The van der Waals surface area contributed by atoms with Crippen LogP contribution in [0.15, 0.2) is 22.8 Å². The Labute approximate surface area is 113 Å². The number of rotatable bonds is 3. The number of nitrogens with two attached hydrogens (primary N) is 1. The van der Waals surface area contributed by atoms with Crippen LogP contribution in [0.4, 0.5) is 0 Å². The summed E-state index contributed by atoms with van der Waals surface area (Å²) in [6.45, 7) is 1.78. The number of esters is 1. The fourth-order valence-corrected chi connectivity index (χ4v) is 1.77. The van der Waals surface area contributed by atoms with Crippen molar-refractivity contribution < 1.29 is 23.9 Å². The SMILES string of the molecule is COC(=O)c1ccc(C)cc1-c1no[n+]([O-])c1C(N)=O. The van der Waals surface area contributed by atoms with Crippen molar-refractivity contribution >= 4 is 11.9 Å². The Morgan fingerprint density at radius 3 is 2.75 bits per heavy atom. The van der Waals surface area contributed by atoms with Gasteiger partial charge in [0, 0.05) is 10.7 Å². The number of carbonyl (C=O) groups excluding carboxylic acids is 2. The van der Waals surface area contributed by atoms with E-state index < -0.39 is 17.6 Å². The Morgan fingerprint density at radius 2 is 2.15 bits per heavy atom. The van der Waals surface area contributed by atoms with Crippen molar-refractivity contribution in [2.45, 2.75) is 6.92 Å². The lowest BCUT2D eigenvalue weighted by molar-refractivity contribution is -0.803. The molecule has 0 aliphatic carbocycles. The standard InChI is InChI=1S/C12H11N3O5/c1-6-3-4-7(12(17)19-2)8(5-6)9-10(11(13)16)15(18)20-14-9/h3-5H,1-2H3,(H2,13,16). The number of aromatic nitrogens is 2. The van der Waals surface area contributed by atoms with Gasteiger partial charge in [-0.1, -0.05) is 11.6 Å². The van der Waals surface area contributed by atoms with E-state index in [1.807, 2.05) is 0 Å². The first kappa shape index (κ1) is 13.5. The molecule has 8 heteroatoms. The molecule has 0 saturated heterocycles. The lowest BCUT2D eigenvalue weighted by Gasteiger charge is -2.05. The van der Waals surface area contributed by atoms with Crippen LogP contribution in [0.2, 0.25) is 0 Å². The smallest absolute Gasteiger partial charge is 0.338 e. The van der Waals surface area contributed by atoms with Crippen molar-refractivity contribution in [1.82, 2.24) is 5.16 Å². The molecule has 1 heterocycles. The average molecular weight is 277 g/mol. The van der Waals surface area contributed by atoms with Gasteiger partial charge in [0.1, 0.15) is 0 Å². The first-order valence-electron chi connectivity index (χ1n) is 5.54. The zero-order valence-electron chi connectivity index (χ0n) is 10.7. The van der Waals surface area contributed by atoms with E-state index in [0.29, 0.717) is 0 Å². The summed E-state index contributed by atoms with van der Waals surface area (Å²) in [5, 5.41) is 14.9. The molecule has 1 aromatic carbocycles. The molecule has 1 aromatic heterocycles. The lowest BCUT2D eigenvalue weighted by atomic mass is 10.0. The summed E-state index contributed by atoms with van der Waals surface area (Å²) in [7, 11) is 1.22. The van der Waals surface area contributed by atoms with Crippen LogP contribution < -0.4 is 10.6 Å². The fourth-order valence-electron chi connectivity index (χ4n) is 1.77. The molecule has 0 bridgehead atoms. The molecule has 104 valence electrons. The van der Waals surface area contributed by atoms with Gasteiger partial charge in [0.2, 0.25) is 0 Å². The Hall–Kier alpha value is -2.90. The third-order valence-corrected chi connectivity index (χ3v) is 2.68. The highest BCUT2D eigenvalue weighted by Gasteiger charge is 2.29. The van der Waals surface area contributed by atoms with Crippen molar-refractivity contribution in [3.05, 3.63) is 40.2 Å². The highest BCUT2D eigenvalue weighted by Crippen LogP contribution is 2.25. The van der Waals surface area contributed by atoms with Crippen LogP contribution in [0.3, 0.4) is 0 Å². The second kappa shape index (κ2) is 5.00. The number of benzene rings is 1. The van der Waals surface area contributed by atoms with Gasteiger partial charge in [-0.25, -0.2) is 4.79 Å². The van der Waals surface area contributed by atoms with Crippen molar-refractivity contribution in [3.8, 4) is 11.3 Å². The minimum Gasteiger partial charge on any atom is -0.465 e. The normalized spacial score (nSPS) is 10.3. The largest absolute Gasteiger partial charge is 0.465 e. The molecule has 0 aliphatic rings. The van der Waals surface area contributed by atoms with E-state index in [1.54, 1.807) is 19.1 Å². The Kier molecular flexibility index (Phi) is 3.38. The maximum atomic E-state index is 11.7. The zero-order chi connectivity index (χ0) is 14.9. The fraction of sp³-hybridized carbons (Fsp3) is 0.167. The molecule has 2 N–H and O–H groups in total. The van der Waals surface area contributed by atoms with Crippen molar-refractivity contribution in [2.75, 3.05) is 7.11 Å². The Bertz CT molecular complexity index is 692. The van der Waals surface area contributed by atoms with E-state index in [0.717, 1.165) is 5.56 Å². The first-order valence-corrected chi connectivity index (χ1v) is 5.54. The van der Waals surface area contributed by atoms with Gasteiger partial charge in [0.05, 0.1) is 12.7 Å². The number of ether oxygens (including phenoxy) is 1. The Balaban J connectivity index is 2.72. The number of aryl methyl sites for hydroxylation is 1. The number of carbonyl (C=O) groups is 2. The summed E-state index contributed by atoms with van der Waals surface area (Å²) in [6.07, 6.45) is 0. The molecule has 2 rings (SSSR count). The Morgan fingerprint density at radius 1 is 1.45 bits per heavy atom. The van der Waals surface area contributed by atoms with E-state index >= 15 is 0 Å². The minimum atomic E-state index is -1.01. The molecule has 1 amide bonds. The van der Waals surface area contributed by atoms with Crippen molar-refractivity contribution in [1.29, 1.82) is 0 Å². The summed E-state index contributed by atoms with van der Waals surface area (Å²) in [6, 6.07) is 4.77. The van der Waals surface area contributed by atoms with E-state index in [-0.39, 0.29) is 21.7 Å². The van der Waals surface area contributed by atoms with Crippen molar-refractivity contribution in [2.24, 2.45) is 5.73 Å². The van der Waals surface area contributed by atoms with Gasteiger partial charge in [0.25, 0.3) is 17.3 Å². The summed E-state index contributed by atoms with van der Waals surface area (Å²) < 4.78 is 9.02. The molecule has 0 aliphatic heterocycles. The second-order valence-corrected chi connectivity index (χ2v) is 4.03. The third-order valence-electron chi connectivity index (χ3n) is 2.68. The first-order chi connectivity index (χ1) is 9.45. The third kappa shape index (κ3) is 2.18. The summed E-state index contributed by atoms with van der Waals surface area (Å²) in [5.74, 6) is -1.63. The van der Waals surface area contributed by atoms with E-state index in [9.17, 15) is 14.8 Å². The minimum absolute atomic E-state index is 0.0962. The molecule has 2 aromatic rings. The number of primary amides is 1. The van der Waals surface area contributed by atoms with Crippen LogP contribution >= 0.6 is 0 Å². The molecule has 0 spiro atoms. The molecule has 0 radical (unpaired) electrons. The van der Waals surface area contributed by atoms with Gasteiger partial charge >= 0.3 is 5.97 Å². The predicted molar refractivity (Wildman–Crippen MR) is 65.5 cm³/mol. The molecule has 20 heavy (non-hydrogen) atoms. The van der Waals surface area contributed by atoms with Crippen LogP contribution in [0.5, 0.6) is 0 Å². The van der Waals surface area contributed by atoms with Crippen LogP contribution in [0, 0.1) is 12.1 Å². The quantitative estimate of drug-likeness (QED) is 0.630. The average Bonchev–Trinajstić information content (AvgIpc) is 2.79. The monoisotopic (exact) mass is 277 g/mol. The predicted octanol–water partition coefficient (Wildman–Crippen LogP) is 0.169. The maximum absolute atomic E-state index is 11.7. The highest BCUT2D eigenvalue weighted by molar-refractivity contribution is 6.01. The summed E-state index contributed by atoms with van der Waals surface area (Å²) in [5.41, 5.74) is 5.73. The van der Waals surface area contributed by atoms with Gasteiger partial charge in [-0.2, -0.15) is 0 Å². The molecule has 0 unspecified atom stereocenters. The molecule has 0 fully saturated rings. The lowest BCUT2D eigenvalue weighted by Crippen LogP contribution is -2.34. The van der Waals surface area contributed by atoms with Gasteiger partial charge in [-0.05, 0) is 24.0 Å². The molecule has 0 saturated carbocycles. The number of nitrogens with zero attached hydrogens (tertiary/aromatic N) is 2. The van der Waals surface area contributed by atoms with Crippen molar-refractivity contribution in [3.63, 3.8) is 0 Å². The van der Waals surface area contributed by atoms with Crippen LogP contribution in [0.1, 0.15) is 26.4 Å². The topological polar surface area (TPSA) is 122 Å². The van der Waals surface area contributed by atoms with Crippen LogP contribution in [0.25, 0.3) is 11.3 Å². The molecular weight excluding hydrogens is 266 g/mol. The van der Waals surface area contributed by atoms with E-state index in [2.05, 4.69) is 14.5 Å². The van der Waals surface area contributed by atoms with Gasteiger partial charge in [-0.3, -0.25) is 9.42 Å². The van der Waals surface area contributed by atoms with E-state index in [1.165, 1.54) is 13.2 Å². The van der Waals surface area contributed by atoms with Gasteiger partial charge < -0.3 is 15.7 Å². The number of methoxy groups -OCH3 is 1. The van der Waals surface area contributed by atoms with Gasteiger partial charge in [0.15, 0.2) is 0 Å². The number of hydrogen-bond donors (Lipinski definition) is 1. The maximum Gasteiger partial charge on any atom is 0.338 e. The van der Waals surface area contributed by atoms with Crippen LogP contribution in [-0.2, 0) is 4.74 Å². The highest BCUT2D eigenvalue weighted by atomic mass is 16.8. The zero-order valence-corrected chi connectivity index (χ0v) is 10.7. The summed E-state index contributed by atoms with van der Waals surface area (Å²) in [4.78, 5) is 22.9. The van der Waals surface area contributed by atoms with Gasteiger partial charge in [-0.15, -0.1) is 0 Å². The second-order valence-electron chi connectivity index (χ2n) is 4.03.